The standard InChI is InChI=1S/C14H18N4O/c1-10-6-7-13(19)12(17-10)9-16-11-5-4-8-15-14(11)18(2)3/h4-8,16,19H,9H2,1-3H3. The Kier molecular flexibility index (Phi) is 3.85. The van der Waals surface area contributed by atoms with Crippen LogP contribution in [0.4, 0.5) is 11.5 Å². The van der Waals surface area contributed by atoms with Gasteiger partial charge < -0.3 is 15.3 Å². The molecule has 19 heavy (non-hydrogen) atoms. The first kappa shape index (κ1) is 13.1. The first-order valence-corrected chi connectivity index (χ1v) is 6.09. The van der Waals surface area contributed by atoms with E-state index in [0.29, 0.717) is 12.2 Å². The molecule has 0 amide bonds. The quantitative estimate of drug-likeness (QED) is 0.880. The molecular formula is C14H18N4O. The van der Waals surface area contributed by atoms with Crippen molar-refractivity contribution in [2.24, 2.45) is 0 Å². The number of aromatic hydroxyl groups is 1. The molecule has 2 aromatic heterocycles. The highest BCUT2D eigenvalue weighted by molar-refractivity contribution is 5.64. The fourth-order valence-corrected chi connectivity index (χ4v) is 1.80. The summed E-state index contributed by atoms with van der Waals surface area (Å²) in [5, 5.41) is 13.0. The SMILES string of the molecule is Cc1ccc(O)c(CNc2cccnc2N(C)C)n1. The first-order valence-electron chi connectivity index (χ1n) is 6.09. The van der Waals surface area contributed by atoms with Crippen molar-refractivity contribution in [3.63, 3.8) is 0 Å². The summed E-state index contributed by atoms with van der Waals surface area (Å²) >= 11 is 0. The van der Waals surface area contributed by atoms with Crippen molar-refractivity contribution in [1.82, 2.24) is 9.97 Å². The Morgan fingerprint density at radius 1 is 1.26 bits per heavy atom. The predicted octanol–water partition coefficient (Wildman–Crippen LogP) is 2.17. The van der Waals surface area contributed by atoms with Crippen LogP contribution in [0.1, 0.15) is 11.4 Å². The number of anilines is 2. The maximum absolute atomic E-state index is 9.76. The average Bonchev–Trinajstić information content (AvgIpc) is 2.40. The summed E-state index contributed by atoms with van der Waals surface area (Å²) in [5.74, 6) is 1.06. The normalized spacial score (nSPS) is 10.3. The van der Waals surface area contributed by atoms with E-state index in [1.165, 1.54) is 0 Å². The highest BCUT2D eigenvalue weighted by atomic mass is 16.3. The van der Waals surface area contributed by atoms with Crippen molar-refractivity contribution in [3.05, 3.63) is 41.9 Å². The number of pyridine rings is 2. The number of rotatable bonds is 4. The van der Waals surface area contributed by atoms with Crippen LogP contribution in [0.3, 0.4) is 0 Å². The summed E-state index contributed by atoms with van der Waals surface area (Å²) < 4.78 is 0. The van der Waals surface area contributed by atoms with Crippen molar-refractivity contribution in [2.75, 3.05) is 24.3 Å². The third-order valence-corrected chi connectivity index (χ3v) is 2.75. The number of aromatic nitrogens is 2. The van der Waals surface area contributed by atoms with E-state index in [2.05, 4.69) is 15.3 Å². The van der Waals surface area contributed by atoms with Crippen LogP contribution in [-0.2, 0) is 6.54 Å². The van der Waals surface area contributed by atoms with Crippen LogP contribution in [0.5, 0.6) is 5.75 Å². The Hall–Kier alpha value is -2.30. The van der Waals surface area contributed by atoms with Crippen molar-refractivity contribution < 1.29 is 5.11 Å². The maximum Gasteiger partial charge on any atom is 0.151 e. The molecule has 5 nitrogen and oxygen atoms in total. The van der Waals surface area contributed by atoms with Gasteiger partial charge in [0.25, 0.3) is 0 Å². The minimum atomic E-state index is 0.202. The highest BCUT2D eigenvalue weighted by Crippen LogP contribution is 2.22. The van der Waals surface area contributed by atoms with Gasteiger partial charge in [-0.1, -0.05) is 0 Å². The molecule has 0 bridgehead atoms. The molecule has 0 aliphatic rings. The van der Waals surface area contributed by atoms with Crippen molar-refractivity contribution in [2.45, 2.75) is 13.5 Å². The highest BCUT2D eigenvalue weighted by Gasteiger charge is 2.07. The van der Waals surface area contributed by atoms with E-state index in [1.807, 2.05) is 38.1 Å². The van der Waals surface area contributed by atoms with Crippen LogP contribution in [0, 0.1) is 6.92 Å². The maximum atomic E-state index is 9.76. The summed E-state index contributed by atoms with van der Waals surface area (Å²) in [6.45, 7) is 2.36. The first-order chi connectivity index (χ1) is 9.08. The molecule has 0 saturated heterocycles. The molecule has 2 aromatic rings. The Morgan fingerprint density at radius 2 is 2.05 bits per heavy atom. The minimum absolute atomic E-state index is 0.202. The van der Waals surface area contributed by atoms with Gasteiger partial charge in [0.05, 0.1) is 12.2 Å². The van der Waals surface area contributed by atoms with Crippen molar-refractivity contribution in [1.29, 1.82) is 0 Å². The van der Waals surface area contributed by atoms with E-state index >= 15 is 0 Å². The van der Waals surface area contributed by atoms with E-state index in [0.717, 1.165) is 17.2 Å². The molecule has 0 spiro atoms. The number of nitrogens with one attached hydrogen (secondary N) is 1. The van der Waals surface area contributed by atoms with Crippen LogP contribution in [0.15, 0.2) is 30.5 Å². The van der Waals surface area contributed by atoms with Gasteiger partial charge in [-0.2, -0.15) is 0 Å². The monoisotopic (exact) mass is 258 g/mol. The number of hydrogen-bond donors (Lipinski definition) is 2. The van der Waals surface area contributed by atoms with Crippen LogP contribution in [-0.4, -0.2) is 29.2 Å². The van der Waals surface area contributed by atoms with Gasteiger partial charge in [-0.05, 0) is 31.2 Å². The molecule has 0 unspecified atom stereocenters. The average molecular weight is 258 g/mol. The van der Waals surface area contributed by atoms with Gasteiger partial charge in [0.2, 0.25) is 0 Å². The molecule has 5 heteroatoms. The summed E-state index contributed by atoms with van der Waals surface area (Å²) in [7, 11) is 3.88. The van der Waals surface area contributed by atoms with Crippen LogP contribution in [0.2, 0.25) is 0 Å². The topological polar surface area (TPSA) is 61.3 Å². The van der Waals surface area contributed by atoms with E-state index in [-0.39, 0.29) is 5.75 Å². The van der Waals surface area contributed by atoms with Gasteiger partial charge in [-0.15, -0.1) is 0 Å². The molecule has 0 atom stereocenters. The largest absolute Gasteiger partial charge is 0.506 e. The Morgan fingerprint density at radius 3 is 2.79 bits per heavy atom. The molecule has 100 valence electrons. The van der Waals surface area contributed by atoms with Crippen LogP contribution < -0.4 is 10.2 Å². The smallest absolute Gasteiger partial charge is 0.151 e. The van der Waals surface area contributed by atoms with Gasteiger partial charge in [-0.25, -0.2) is 4.98 Å². The van der Waals surface area contributed by atoms with Crippen LogP contribution in [0.25, 0.3) is 0 Å². The predicted molar refractivity (Wildman–Crippen MR) is 76.5 cm³/mol. The molecule has 2 N–H and O–H groups in total. The summed E-state index contributed by atoms with van der Waals surface area (Å²) in [6.07, 6.45) is 1.75. The van der Waals surface area contributed by atoms with Gasteiger partial charge in [0.15, 0.2) is 5.82 Å². The number of hydrogen-bond acceptors (Lipinski definition) is 5. The minimum Gasteiger partial charge on any atom is -0.506 e. The van der Waals surface area contributed by atoms with Crippen molar-refractivity contribution in [3.8, 4) is 5.75 Å². The molecule has 0 radical (unpaired) electrons. The van der Waals surface area contributed by atoms with Gasteiger partial charge >= 0.3 is 0 Å². The Balaban J connectivity index is 2.17. The lowest BCUT2D eigenvalue weighted by Gasteiger charge is -2.17. The lowest BCUT2D eigenvalue weighted by atomic mass is 10.2. The zero-order valence-electron chi connectivity index (χ0n) is 11.4. The zero-order chi connectivity index (χ0) is 13.8. The third kappa shape index (κ3) is 3.13. The number of aryl methyl sites for hydroxylation is 1. The number of nitrogens with zero attached hydrogens (tertiary/aromatic N) is 3. The third-order valence-electron chi connectivity index (χ3n) is 2.75. The molecule has 0 aromatic carbocycles. The Bertz CT molecular complexity index is 569. The van der Waals surface area contributed by atoms with Crippen LogP contribution >= 0.6 is 0 Å². The molecule has 2 heterocycles. The second-order valence-electron chi connectivity index (χ2n) is 4.54. The molecule has 0 saturated carbocycles. The van der Waals surface area contributed by atoms with E-state index < -0.39 is 0 Å². The molecule has 0 fully saturated rings. The molecule has 2 rings (SSSR count). The second kappa shape index (κ2) is 5.56. The summed E-state index contributed by atoms with van der Waals surface area (Å²) in [5.41, 5.74) is 2.43. The van der Waals surface area contributed by atoms with Gasteiger partial charge in [0, 0.05) is 26.0 Å². The van der Waals surface area contributed by atoms with E-state index in [4.69, 9.17) is 0 Å². The van der Waals surface area contributed by atoms with E-state index in [9.17, 15) is 5.11 Å². The summed E-state index contributed by atoms with van der Waals surface area (Å²) in [6, 6.07) is 7.28. The molecular weight excluding hydrogens is 240 g/mol. The van der Waals surface area contributed by atoms with Gasteiger partial charge in [0.1, 0.15) is 11.4 Å². The fourth-order valence-electron chi connectivity index (χ4n) is 1.80. The van der Waals surface area contributed by atoms with Crippen molar-refractivity contribution >= 4 is 11.5 Å². The second-order valence-corrected chi connectivity index (χ2v) is 4.54. The molecule has 0 aliphatic carbocycles. The lowest BCUT2D eigenvalue weighted by molar-refractivity contribution is 0.464. The molecule has 0 aliphatic heterocycles. The van der Waals surface area contributed by atoms with E-state index in [1.54, 1.807) is 18.3 Å². The summed E-state index contributed by atoms with van der Waals surface area (Å²) in [4.78, 5) is 10.6. The zero-order valence-corrected chi connectivity index (χ0v) is 11.4. The lowest BCUT2D eigenvalue weighted by Crippen LogP contribution is -2.14. The Labute approximate surface area is 112 Å². The fraction of sp³-hybridized carbons (Fsp3) is 0.286. The van der Waals surface area contributed by atoms with Gasteiger partial charge in [-0.3, -0.25) is 4.98 Å².